The van der Waals surface area contributed by atoms with Crippen molar-refractivity contribution in [2.75, 3.05) is 20.1 Å². The summed E-state index contributed by atoms with van der Waals surface area (Å²) in [5.41, 5.74) is 7.68. The van der Waals surface area contributed by atoms with Crippen molar-refractivity contribution in [3.8, 4) is 22.4 Å². The zero-order chi connectivity index (χ0) is 25.7. The summed E-state index contributed by atoms with van der Waals surface area (Å²) < 4.78 is 30.2. The van der Waals surface area contributed by atoms with Crippen molar-refractivity contribution >= 4 is 16.6 Å². The number of pyridine rings is 2. The van der Waals surface area contributed by atoms with E-state index in [1.54, 1.807) is 12.1 Å². The Morgan fingerprint density at radius 3 is 2.41 bits per heavy atom. The number of halogens is 2. The molecule has 6 heteroatoms. The monoisotopic (exact) mass is 496 g/mol. The van der Waals surface area contributed by atoms with Gasteiger partial charge >= 0.3 is 0 Å². The minimum atomic E-state index is -2.92. The van der Waals surface area contributed by atoms with E-state index in [1.165, 1.54) is 24.5 Å². The van der Waals surface area contributed by atoms with Gasteiger partial charge in [-0.05, 0) is 92.8 Å². The van der Waals surface area contributed by atoms with Crippen molar-refractivity contribution in [3.05, 3.63) is 89.9 Å². The van der Waals surface area contributed by atoms with Gasteiger partial charge in [0.1, 0.15) is 5.65 Å². The van der Waals surface area contributed by atoms with Crippen LogP contribution in [0.15, 0.2) is 73.1 Å². The number of imidazole rings is 1. The van der Waals surface area contributed by atoms with Gasteiger partial charge in [0, 0.05) is 35.3 Å². The summed E-state index contributed by atoms with van der Waals surface area (Å²) in [5, 5.41) is 0.694. The molecule has 0 N–H and O–H groups in total. The molecular weight excluding hydrogens is 466 g/mol. The fourth-order valence-electron chi connectivity index (χ4n) is 5.49. The third kappa shape index (κ3) is 4.51. The van der Waals surface area contributed by atoms with Crippen LogP contribution < -0.4 is 0 Å². The van der Waals surface area contributed by atoms with Crippen LogP contribution in [0.4, 0.5) is 8.78 Å². The second kappa shape index (κ2) is 9.03. The van der Waals surface area contributed by atoms with E-state index in [9.17, 15) is 8.78 Å². The van der Waals surface area contributed by atoms with Crippen molar-refractivity contribution in [1.29, 1.82) is 0 Å². The van der Waals surface area contributed by atoms with Crippen LogP contribution in [-0.2, 0) is 5.92 Å². The lowest BCUT2D eigenvalue weighted by Crippen LogP contribution is -2.29. The van der Waals surface area contributed by atoms with Crippen molar-refractivity contribution < 1.29 is 8.78 Å². The first-order valence-electron chi connectivity index (χ1n) is 12.8. The molecule has 37 heavy (non-hydrogen) atoms. The van der Waals surface area contributed by atoms with Crippen LogP contribution in [0, 0.1) is 6.92 Å². The van der Waals surface area contributed by atoms with Crippen LogP contribution in [0.2, 0.25) is 0 Å². The molecular formula is C31H30F2N4. The number of piperidine rings is 1. The first kappa shape index (κ1) is 23.7. The minimum Gasteiger partial charge on any atom is -0.306 e. The van der Waals surface area contributed by atoms with Crippen LogP contribution in [0.5, 0.6) is 0 Å². The Labute approximate surface area is 215 Å². The van der Waals surface area contributed by atoms with Gasteiger partial charge in [0.15, 0.2) is 0 Å². The lowest BCUT2D eigenvalue weighted by atomic mass is 9.89. The Balaban J connectivity index is 1.36. The molecule has 6 rings (SSSR count). The molecule has 188 valence electrons. The van der Waals surface area contributed by atoms with Gasteiger partial charge in [-0.2, -0.15) is 0 Å². The second-order valence-corrected chi connectivity index (χ2v) is 10.4. The Bertz CT molecular complexity index is 1590. The van der Waals surface area contributed by atoms with Gasteiger partial charge in [0.05, 0.1) is 17.4 Å². The highest BCUT2D eigenvalue weighted by Crippen LogP contribution is 2.35. The number of aryl methyl sites for hydroxylation is 1. The topological polar surface area (TPSA) is 33.4 Å². The van der Waals surface area contributed by atoms with Crippen LogP contribution >= 0.6 is 0 Å². The molecule has 0 saturated carbocycles. The number of nitrogens with zero attached hydrogens (tertiary/aromatic N) is 4. The number of likely N-dealkylation sites (tertiary alicyclic amines) is 1. The van der Waals surface area contributed by atoms with E-state index >= 15 is 0 Å². The second-order valence-electron chi connectivity index (χ2n) is 10.4. The quantitative estimate of drug-likeness (QED) is 0.259. The highest BCUT2D eigenvalue weighted by molar-refractivity contribution is 5.95. The standard InChI is InChI=1S/C31H30F2N4/c1-20-16-27(26-18-25(31(2,32)33)8-9-28(26)35-20)29-19-34-30-17-24(12-15-37(29)30)22-6-4-21(5-7-22)23-10-13-36(3)14-11-23/h4-9,12,15-19,23H,10-11,13-14H2,1-3H3. The van der Waals surface area contributed by atoms with Gasteiger partial charge in [-0.3, -0.25) is 9.38 Å². The third-order valence-corrected chi connectivity index (χ3v) is 7.67. The summed E-state index contributed by atoms with van der Waals surface area (Å²) in [4.78, 5) is 11.6. The Hall–Kier alpha value is -3.64. The molecule has 0 atom stereocenters. The summed E-state index contributed by atoms with van der Waals surface area (Å²) in [6, 6.07) is 19.7. The van der Waals surface area contributed by atoms with Crippen molar-refractivity contribution in [2.24, 2.45) is 0 Å². The zero-order valence-electron chi connectivity index (χ0n) is 21.4. The Morgan fingerprint density at radius 2 is 1.68 bits per heavy atom. The van der Waals surface area contributed by atoms with E-state index < -0.39 is 5.92 Å². The van der Waals surface area contributed by atoms with Crippen molar-refractivity contribution in [3.63, 3.8) is 0 Å². The predicted octanol–water partition coefficient (Wildman–Crippen LogP) is 7.45. The number of alkyl halides is 2. The number of hydrogen-bond donors (Lipinski definition) is 0. The maximum absolute atomic E-state index is 14.1. The molecule has 0 amide bonds. The fraction of sp³-hybridized carbons (Fsp3) is 0.290. The van der Waals surface area contributed by atoms with Crippen LogP contribution in [0.1, 0.15) is 42.5 Å². The SMILES string of the molecule is Cc1cc(-c2cnc3cc(-c4ccc(C5CCN(C)CC5)cc4)ccn23)c2cc(C(C)(F)F)ccc2n1. The van der Waals surface area contributed by atoms with Gasteiger partial charge < -0.3 is 4.90 Å². The molecule has 1 fully saturated rings. The van der Waals surface area contributed by atoms with E-state index in [0.717, 1.165) is 53.7 Å². The predicted molar refractivity (Wildman–Crippen MR) is 145 cm³/mol. The molecule has 1 aliphatic heterocycles. The molecule has 0 radical (unpaired) electrons. The first-order chi connectivity index (χ1) is 17.8. The molecule has 1 saturated heterocycles. The molecule has 0 spiro atoms. The van der Waals surface area contributed by atoms with Gasteiger partial charge in [0.2, 0.25) is 0 Å². The van der Waals surface area contributed by atoms with Crippen LogP contribution in [0.3, 0.4) is 0 Å². The highest BCUT2D eigenvalue weighted by atomic mass is 19.3. The van der Waals surface area contributed by atoms with Crippen LogP contribution in [0.25, 0.3) is 38.9 Å². The summed E-state index contributed by atoms with van der Waals surface area (Å²) in [6.45, 7) is 5.15. The number of benzene rings is 2. The van der Waals surface area contributed by atoms with E-state index in [2.05, 4.69) is 58.3 Å². The molecule has 5 aromatic rings. The van der Waals surface area contributed by atoms with Crippen molar-refractivity contribution in [2.45, 2.75) is 38.5 Å². The largest absolute Gasteiger partial charge is 0.306 e. The van der Waals surface area contributed by atoms with E-state index in [1.807, 2.05) is 29.8 Å². The summed E-state index contributed by atoms with van der Waals surface area (Å²) in [5.74, 6) is -2.29. The zero-order valence-corrected chi connectivity index (χ0v) is 21.4. The molecule has 0 bridgehead atoms. The molecule has 3 aromatic heterocycles. The van der Waals surface area contributed by atoms with E-state index in [4.69, 9.17) is 0 Å². The number of hydrogen-bond acceptors (Lipinski definition) is 3. The summed E-state index contributed by atoms with van der Waals surface area (Å²) in [7, 11) is 2.19. The average Bonchev–Trinajstić information content (AvgIpc) is 3.31. The highest BCUT2D eigenvalue weighted by Gasteiger charge is 2.25. The average molecular weight is 497 g/mol. The molecule has 2 aromatic carbocycles. The lowest BCUT2D eigenvalue weighted by molar-refractivity contribution is 0.0176. The first-order valence-corrected chi connectivity index (χ1v) is 12.8. The normalized spacial score (nSPS) is 15.6. The smallest absolute Gasteiger partial charge is 0.270 e. The number of aromatic nitrogens is 3. The summed E-state index contributed by atoms with van der Waals surface area (Å²) >= 11 is 0. The number of fused-ring (bicyclic) bond motifs is 2. The Morgan fingerprint density at radius 1 is 0.919 bits per heavy atom. The van der Waals surface area contributed by atoms with Gasteiger partial charge in [-0.25, -0.2) is 13.8 Å². The fourth-order valence-corrected chi connectivity index (χ4v) is 5.49. The van der Waals surface area contributed by atoms with E-state index in [0.29, 0.717) is 16.8 Å². The molecule has 0 aliphatic carbocycles. The van der Waals surface area contributed by atoms with Gasteiger partial charge in [0.25, 0.3) is 5.92 Å². The lowest BCUT2D eigenvalue weighted by Gasteiger charge is -2.29. The van der Waals surface area contributed by atoms with Gasteiger partial charge in [-0.15, -0.1) is 0 Å². The maximum Gasteiger partial charge on any atom is 0.270 e. The minimum absolute atomic E-state index is 0.0216. The number of rotatable bonds is 4. The third-order valence-electron chi connectivity index (χ3n) is 7.67. The molecule has 4 nitrogen and oxygen atoms in total. The molecule has 1 aliphatic rings. The van der Waals surface area contributed by atoms with Crippen LogP contribution in [-0.4, -0.2) is 39.4 Å². The maximum atomic E-state index is 14.1. The molecule has 0 unspecified atom stereocenters. The molecule has 4 heterocycles. The summed E-state index contributed by atoms with van der Waals surface area (Å²) in [6.07, 6.45) is 6.24. The Kier molecular flexibility index (Phi) is 5.80. The van der Waals surface area contributed by atoms with Gasteiger partial charge in [-0.1, -0.05) is 30.3 Å². The van der Waals surface area contributed by atoms with E-state index in [-0.39, 0.29) is 5.56 Å². The van der Waals surface area contributed by atoms with Crippen molar-refractivity contribution in [1.82, 2.24) is 19.3 Å².